The summed E-state index contributed by atoms with van der Waals surface area (Å²) in [4.78, 5) is 8.16. The van der Waals surface area contributed by atoms with Gasteiger partial charge in [-0.1, -0.05) is 12.1 Å². The standard InChI is InChI=1S/C14H16FN3/c1-9-4-5-12(7-13(9)15)11(3)18-14-6-10(2)16-8-17-14/h4-8,11H,1-3H3,(H,16,17,18). The highest BCUT2D eigenvalue weighted by molar-refractivity contribution is 5.39. The van der Waals surface area contributed by atoms with Gasteiger partial charge in [0.15, 0.2) is 0 Å². The number of rotatable bonds is 3. The van der Waals surface area contributed by atoms with Gasteiger partial charge in [0, 0.05) is 11.8 Å². The van der Waals surface area contributed by atoms with Crippen molar-refractivity contribution < 1.29 is 4.39 Å². The SMILES string of the molecule is Cc1cc(NC(C)c2ccc(C)c(F)c2)ncn1. The van der Waals surface area contributed by atoms with Gasteiger partial charge in [-0.3, -0.25) is 0 Å². The summed E-state index contributed by atoms with van der Waals surface area (Å²) >= 11 is 0. The molecule has 1 aromatic carbocycles. The first-order chi connectivity index (χ1) is 8.56. The van der Waals surface area contributed by atoms with Crippen LogP contribution in [0.25, 0.3) is 0 Å². The van der Waals surface area contributed by atoms with Crippen LogP contribution in [-0.2, 0) is 0 Å². The van der Waals surface area contributed by atoms with E-state index in [0.717, 1.165) is 17.1 Å². The molecule has 0 aliphatic rings. The third kappa shape index (κ3) is 2.83. The van der Waals surface area contributed by atoms with Crippen molar-refractivity contribution in [1.29, 1.82) is 0 Å². The second kappa shape index (κ2) is 5.12. The van der Waals surface area contributed by atoms with Crippen LogP contribution in [-0.4, -0.2) is 9.97 Å². The number of aromatic nitrogens is 2. The number of nitrogens with one attached hydrogen (secondary N) is 1. The summed E-state index contributed by atoms with van der Waals surface area (Å²) in [5, 5.41) is 3.23. The number of aryl methyl sites for hydroxylation is 2. The molecule has 94 valence electrons. The average molecular weight is 245 g/mol. The van der Waals surface area contributed by atoms with Crippen molar-refractivity contribution in [2.45, 2.75) is 26.8 Å². The summed E-state index contributed by atoms with van der Waals surface area (Å²) in [6.07, 6.45) is 1.51. The van der Waals surface area contributed by atoms with Crippen molar-refractivity contribution in [3.05, 3.63) is 53.2 Å². The minimum absolute atomic E-state index is 0.00519. The number of hydrogen-bond acceptors (Lipinski definition) is 3. The minimum Gasteiger partial charge on any atom is -0.363 e. The summed E-state index contributed by atoms with van der Waals surface area (Å²) in [5.41, 5.74) is 2.45. The van der Waals surface area contributed by atoms with E-state index in [0.29, 0.717) is 5.56 Å². The molecular weight excluding hydrogens is 229 g/mol. The highest BCUT2D eigenvalue weighted by Crippen LogP contribution is 2.20. The fraction of sp³-hybridized carbons (Fsp3) is 0.286. The lowest BCUT2D eigenvalue weighted by Gasteiger charge is -2.15. The predicted molar refractivity (Wildman–Crippen MR) is 69.9 cm³/mol. The Morgan fingerprint density at radius 1 is 1.17 bits per heavy atom. The molecule has 0 bridgehead atoms. The Balaban J connectivity index is 2.16. The third-order valence-corrected chi connectivity index (χ3v) is 2.86. The molecule has 1 atom stereocenters. The van der Waals surface area contributed by atoms with Crippen LogP contribution in [0.2, 0.25) is 0 Å². The molecule has 2 rings (SSSR count). The Kier molecular flexibility index (Phi) is 3.55. The van der Waals surface area contributed by atoms with Crippen LogP contribution >= 0.6 is 0 Å². The third-order valence-electron chi connectivity index (χ3n) is 2.86. The van der Waals surface area contributed by atoms with Gasteiger partial charge >= 0.3 is 0 Å². The second-order valence-corrected chi connectivity index (χ2v) is 4.42. The van der Waals surface area contributed by atoms with Crippen LogP contribution in [0.5, 0.6) is 0 Å². The van der Waals surface area contributed by atoms with Gasteiger partial charge in [0.25, 0.3) is 0 Å². The number of nitrogens with zero attached hydrogens (tertiary/aromatic N) is 2. The number of hydrogen-bond donors (Lipinski definition) is 1. The van der Waals surface area contributed by atoms with E-state index in [1.165, 1.54) is 6.33 Å². The van der Waals surface area contributed by atoms with Crippen molar-refractivity contribution in [1.82, 2.24) is 9.97 Å². The molecule has 18 heavy (non-hydrogen) atoms. The normalized spacial score (nSPS) is 12.2. The molecule has 1 aromatic heterocycles. The zero-order valence-electron chi connectivity index (χ0n) is 10.7. The topological polar surface area (TPSA) is 37.8 Å². The fourth-order valence-electron chi connectivity index (χ4n) is 1.72. The highest BCUT2D eigenvalue weighted by atomic mass is 19.1. The molecule has 0 radical (unpaired) electrons. The summed E-state index contributed by atoms with van der Waals surface area (Å²) in [6.45, 7) is 5.63. The first-order valence-electron chi connectivity index (χ1n) is 5.87. The summed E-state index contributed by atoms with van der Waals surface area (Å²) < 4.78 is 13.5. The zero-order valence-corrected chi connectivity index (χ0v) is 10.7. The molecule has 3 nitrogen and oxygen atoms in total. The van der Waals surface area contributed by atoms with Crippen molar-refractivity contribution in [2.75, 3.05) is 5.32 Å². The van der Waals surface area contributed by atoms with Gasteiger partial charge in [-0.2, -0.15) is 0 Å². The Morgan fingerprint density at radius 3 is 2.61 bits per heavy atom. The molecular formula is C14H16FN3. The van der Waals surface area contributed by atoms with E-state index < -0.39 is 0 Å². The molecule has 0 amide bonds. The lowest BCUT2D eigenvalue weighted by Crippen LogP contribution is -2.08. The van der Waals surface area contributed by atoms with Crippen LogP contribution in [0.3, 0.4) is 0 Å². The highest BCUT2D eigenvalue weighted by Gasteiger charge is 2.08. The van der Waals surface area contributed by atoms with Crippen LogP contribution in [0, 0.1) is 19.7 Å². The molecule has 1 unspecified atom stereocenters. The van der Waals surface area contributed by atoms with E-state index in [2.05, 4.69) is 15.3 Å². The van der Waals surface area contributed by atoms with Crippen LogP contribution in [0.15, 0.2) is 30.6 Å². The van der Waals surface area contributed by atoms with Gasteiger partial charge in [0.1, 0.15) is 18.0 Å². The molecule has 2 aromatic rings. The second-order valence-electron chi connectivity index (χ2n) is 4.42. The Bertz CT molecular complexity index is 554. The molecule has 0 aliphatic heterocycles. The maximum Gasteiger partial charge on any atom is 0.130 e. The van der Waals surface area contributed by atoms with Gasteiger partial charge in [-0.05, 0) is 38.0 Å². The van der Waals surface area contributed by atoms with Gasteiger partial charge in [-0.25, -0.2) is 14.4 Å². The first-order valence-corrected chi connectivity index (χ1v) is 5.87. The number of anilines is 1. The number of benzene rings is 1. The van der Waals surface area contributed by atoms with Crippen molar-refractivity contribution >= 4 is 5.82 Å². The summed E-state index contributed by atoms with van der Waals surface area (Å²) in [6, 6.07) is 7.12. The lowest BCUT2D eigenvalue weighted by molar-refractivity contribution is 0.614. The number of halogens is 1. The Morgan fingerprint density at radius 2 is 1.94 bits per heavy atom. The van der Waals surface area contributed by atoms with E-state index >= 15 is 0 Å². The van der Waals surface area contributed by atoms with E-state index in [9.17, 15) is 4.39 Å². The molecule has 0 spiro atoms. The Hall–Kier alpha value is -1.97. The van der Waals surface area contributed by atoms with E-state index in [1.54, 1.807) is 19.1 Å². The van der Waals surface area contributed by atoms with Crippen LogP contribution in [0.4, 0.5) is 10.2 Å². The minimum atomic E-state index is -0.181. The molecule has 0 saturated heterocycles. The fourth-order valence-corrected chi connectivity index (χ4v) is 1.72. The molecule has 4 heteroatoms. The largest absolute Gasteiger partial charge is 0.363 e. The summed E-state index contributed by atoms with van der Waals surface area (Å²) in [5.74, 6) is 0.566. The molecule has 1 N–H and O–H groups in total. The van der Waals surface area contributed by atoms with Crippen molar-refractivity contribution in [3.63, 3.8) is 0 Å². The van der Waals surface area contributed by atoms with E-state index in [4.69, 9.17) is 0 Å². The van der Waals surface area contributed by atoms with Crippen LogP contribution in [0.1, 0.15) is 29.8 Å². The predicted octanol–water partition coefficient (Wildman–Crippen LogP) is 3.41. The quantitative estimate of drug-likeness (QED) is 0.900. The Labute approximate surface area is 106 Å². The van der Waals surface area contributed by atoms with Crippen molar-refractivity contribution in [3.8, 4) is 0 Å². The molecule has 1 heterocycles. The lowest BCUT2D eigenvalue weighted by atomic mass is 10.1. The first kappa shape index (κ1) is 12.5. The smallest absolute Gasteiger partial charge is 0.130 e. The maximum atomic E-state index is 13.5. The average Bonchev–Trinajstić information content (AvgIpc) is 2.32. The van der Waals surface area contributed by atoms with Crippen molar-refractivity contribution in [2.24, 2.45) is 0 Å². The van der Waals surface area contributed by atoms with E-state index in [1.807, 2.05) is 26.0 Å². The van der Waals surface area contributed by atoms with E-state index in [-0.39, 0.29) is 11.9 Å². The molecule has 0 saturated carbocycles. The molecule has 0 aliphatic carbocycles. The molecule has 0 fully saturated rings. The van der Waals surface area contributed by atoms with Crippen LogP contribution < -0.4 is 5.32 Å². The maximum absolute atomic E-state index is 13.5. The van der Waals surface area contributed by atoms with Gasteiger partial charge in [0.05, 0.1) is 6.04 Å². The van der Waals surface area contributed by atoms with Gasteiger partial charge in [-0.15, -0.1) is 0 Å². The monoisotopic (exact) mass is 245 g/mol. The van der Waals surface area contributed by atoms with Gasteiger partial charge in [0.2, 0.25) is 0 Å². The summed E-state index contributed by atoms with van der Waals surface area (Å²) in [7, 11) is 0. The van der Waals surface area contributed by atoms with Gasteiger partial charge < -0.3 is 5.32 Å². The zero-order chi connectivity index (χ0) is 13.1.